The van der Waals surface area contributed by atoms with Crippen molar-refractivity contribution >= 4 is 35.0 Å². The lowest BCUT2D eigenvalue weighted by Gasteiger charge is -2.11. The summed E-state index contributed by atoms with van der Waals surface area (Å²) in [7, 11) is 1.59. The van der Waals surface area contributed by atoms with Crippen LogP contribution in [0, 0.1) is 13.8 Å². The molecule has 0 bridgehead atoms. The molecular weight excluding hydrogens is 387 g/mol. The third kappa shape index (κ3) is 3.61. The van der Waals surface area contributed by atoms with E-state index in [4.69, 9.17) is 27.9 Å². The molecule has 5 nitrogen and oxygen atoms in total. The number of halogens is 2. The standard InChI is InChI=1S/C20H16Cl2N2O3/c1-11-9-14(17(22)12(2)16(11)21)18(25)15-10-23-24(3)19(15)27-20(26)13-7-5-4-6-8-13/h4-10H,1-3H3. The first-order chi connectivity index (χ1) is 12.8. The highest BCUT2D eigenvalue weighted by molar-refractivity contribution is 6.39. The molecule has 0 saturated heterocycles. The van der Waals surface area contributed by atoms with Crippen molar-refractivity contribution in [2.24, 2.45) is 7.05 Å². The summed E-state index contributed by atoms with van der Waals surface area (Å²) in [6, 6.07) is 10.1. The molecule has 0 saturated carbocycles. The van der Waals surface area contributed by atoms with Crippen LogP contribution in [0.3, 0.4) is 0 Å². The number of aryl methyl sites for hydroxylation is 2. The molecule has 1 aromatic heterocycles. The van der Waals surface area contributed by atoms with E-state index in [-0.39, 0.29) is 22.0 Å². The van der Waals surface area contributed by atoms with E-state index in [9.17, 15) is 9.59 Å². The molecular formula is C20H16Cl2N2O3. The van der Waals surface area contributed by atoms with Crippen molar-refractivity contribution in [3.8, 4) is 5.88 Å². The Bertz CT molecular complexity index is 1040. The molecule has 2 aromatic carbocycles. The molecule has 138 valence electrons. The van der Waals surface area contributed by atoms with Gasteiger partial charge < -0.3 is 4.74 Å². The van der Waals surface area contributed by atoms with E-state index < -0.39 is 11.8 Å². The fourth-order valence-electron chi connectivity index (χ4n) is 2.67. The van der Waals surface area contributed by atoms with Crippen molar-refractivity contribution in [3.05, 3.63) is 80.5 Å². The van der Waals surface area contributed by atoms with E-state index in [0.717, 1.165) is 5.56 Å². The molecule has 0 N–H and O–H groups in total. The molecule has 0 aliphatic carbocycles. The summed E-state index contributed by atoms with van der Waals surface area (Å²) in [6.07, 6.45) is 1.35. The van der Waals surface area contributed by atoms with Gasteiger partial charge in [0.25, 0.3) is 0 Å². The lowest BCUT2D eigenvalue weighted by atomic mass is 10.0. The van der Waals surface area contributed by atoms with Crippen molar-refractivity contribution in [2.45, 2.75) is 13.8 Å². The Morgan fingerprint density at radius 2 is 1.70 bits per heavy atom. The first-order valence-electron chi connectivity index (χ1n) is 8.10. The smallest absolute Gasteiger partial charge is 0.344 e. The van der Waals surface area contributed by atoms with Crippen LogP contribution >= 0.6 is 23.2 Å². The topological polar surface area (TPSA) is 61.2 Å². The number of carbonyl (C=O) groups excluding carboxylic acids is 2. The van der Waals surface area contributed by atoms with Gasteiger partial charge >= 0.3 is 5.97 Å². The average Bonchev–Trinajstić information content (AvgIpc) is 3.03. The SMILES string of the molecule is Cc1cc(C(=O)c2cnn(C)c2OC(=O)c2ccccc2)c(Cl)c(C)c1Cl. The summed E-state index contributed by atoms with van der Waals surface area (Å²) in [6.45, 7) is 3.54. The minimum Gasteiger partial charge on any atom is -0.403 e. The van der Waals surface area contributed by atoms with E-state index in [1.54, 1.807) is 57.3 Å². The Morgan fingerprint density at radius 3 is 2.37 bits per heavy atom. The van der Waals surface area contributed by atoms with Gasteiger partial charge in [-0.15, -0.1) is 0 Å². The van der Waals surface area contributed by atoms with Crippen molar-refractivity contribution in [1.82, 2.24) is 9.78 Å². The molecule has 3 rings (SSSR count). The maximum absolute atomic E-state index is 13.1. The number of benzene rings is 2. The van der Waals surface area contributed by atoms with E-state index in [1.165, 1.54) is 10.9 Å². The highest BCUT2D eigenvalue weighted by atomic mass is 35.5. The monoisotopic (exact) mass is 402 g/mol. The molecule has 1 heterocycles. The first-order valence-corrected chi connectivity index (χ1v) is 8.86. The molecule has 0 aliphatic heterocycles. The van der Waals surface area contributed by atoms with Gasteiger partial charge in [0.1, 0.15) is 5.56 Å². The molecule has 0 amide bonds. The normalized spacial score (nSPS) is 10.7. The number of esters is 1. The van der Waals surface area contributed by atoms with Gasteiger partial charge in [-0.2, -0.15) is 5.10 Å². The molecule has 0 aliphatic rings. The van der Waals surface area contributed by atoms with Gasteiger partial charge in [0.15, 0.2) is 0 Å². The second-order valence-electron chi connectivity index (χ2n) is 6.07. The fraction of sp³-hybridized carbons (Fsp3) is 0.150. The number of ether oxygens (including phenoxy) is 1. The number of nitrogens with zero attached hydrogens (tertiary/aromatic N) is 2. The van der Waals surface area contributed by atoms with Gasteiger partial charge in [-0.05, 0) is 43.2 Å². The van der Waals surface area contributed by atoms with Gasteiger partial charge in [-0.25, -0.2) is 9.48 Å². The lowest BCUT2D eigenvalue weighted by Crippen LogP contribution is -2.14. The summed E-state index contributed by atoms with van der Waals surface area (Å²) < 4.78 is 6.77. The van der Waals surface area contributed by atoms with Crippen LogP contribution < -0.4 is 4.74 Å². The number of carbonyl (C=O) groups is 2. The Hall–Kier alpha value is -2.63. The van der Waals surface area contributed by atoms with E-state index in [2.05, 4.69) is 5.10 Å². The quantitative estimate of drug-likeness (QED) is 0.464. The number of ketones is 1. The second kappa shape index (κ2) is 7.55. The Labute approximate surface area is 166 Å². The maximum Gasteiger partial charge on any atom is 0.344 e. The molecule has 0 atom stereocenters. The third-order valence-electron chi connectivity index (χ3n) is 4.17. The molecule has 0 spiro atoms. The number of rotatable bonds is 4. The zero-order chi connectivity index (χ0) is 19.7. The van der Waals surface area contributed by atoms with Crippen LogP contribution in [0.5, 0.6) is 5.88 Å². The number of hydrogen-bond acceptors (Lipinski definition) is 4. The molecule has 3 aromatic rings. The molecule has 7 heteroatoms. The molecule has 0 fully saturated rings. The van der Waals surface area contributed by atoms with E-state index in [1.807, 2.05) is 0 Å². The Balaban J connectivity index is 2.00. The number of hydrogen-bond donors (Lipinski definition) is 0. The summed E-state index contributed by atoms with van der Waals surface area (Å²) >= 11 is 12.5. The van der Waals surface area contributed by atoms with Crippen LogP contribution in [-0.2, 0) is 7.05 Å². The Kier molecular flexibility index (Phi) is 5.35. The largest absolute Gasteiger partial charge is 0.403 e. The zero-order valence-electron chi connectivity index (χ0n) is 14.9. The predicted octanol–water partition coefficient (Wildman–Crippen LogP) is 4.79. The van der Waals surface area contributed by atoms with E-state index in [0.29, 0.717) is 16.1 Å². The van der Waals surface area contributed by atoms with Gasteiger partial charge in [-0.3, -0.25) is 4.79 Å². The zero-order valence-corrected chi connectivity index (χ0v) is 16.4. The maximum atomic E-state index is 13.1. The van der Waals surface area contributed by atoms with Crippen molar-refractivity contribution < 1.29 is 14.3 Å². The van der Waals surface area contributed by atoms with Crippen molar-refractivity contribution in [1.29, 1.82) is 0 Å². The van der Waals surface area contributed by atoms with Crippen molar-refractivity contribution in [3.63, 3.8) is 0 Å². The van der Waals surface area contributed by atoms with Crippen LogP contribution in [-0.4, -0.2) is 21.5 Å². The minimum absolute atomic E-state index is 0.0511. The summed E-state index contributed by atoms with van der Waals surface area (Å²) in [5.41, 5.74) is 2.14. The highest BCUT2D eigenvalue weighted by Crippen LogP contribution is 2.33. The lowest BCUT2D eigenvalue weighted by molar-refractivity contribution is 0.0718. The fourth-order valence-corrected chi connectivity index (χ4v) is 3.10. The summed E-state index contributed by atoms with van der Waals surface area (Å²) in [4.78, 5) is 25.4. The minimum atomic E-state index is -0.581. The van der Waals surface area contributed by atoms with Crippen LogP contribution in [0.25, 0.3) is 0 Å². The summed E-state index contributed by atoms with van der Waals surface area (Å²) in [5.74, 6) is -0.926. The van der Waals surface area contributed by atoms with Crippen LogP contribution in [0.4, 0.5) is 0 Å². The third-order valence-corrected chi connectivity index (χ3v) is 5.24. The van der Waals surface area contributed by atoms with Crippen LogP contribution in [0.15, 0.2) is 42.6 Å². The molecule has 27 heavy (non-hydrogen) atoms. The Morgan fingerprint density at radius 1 is 1.04 bits per heavy atom. The van der Waals surface area contributed by atoms with Crippen molar-refractivity contribution in [2.75, 3.05) is 0 Å². The average molecular weight is 403 g/mol. The van der Waals surface area contributed by atoms with Crippen LogP contribution in [0.2, 0.25) is 10.0 Å². The molecule has 0 radical (unpaired) electrons. The number of aromatic nitrogens is 2. The molecule has 0 unspecified atom stereocenters. The van der Waals surface area contributed by atoms with Gasteiger partial charge in [-0.1, -0.05) is 41.4 Å². The van der Waals surface area contributed by atoms with Gasteiger partial charge in [0.05, 0.1) is 16.8 Å². The van der Waals surface area contributed by atoms with E-state index >= 15 is 0 Å². The van der Waals surface area contributed by atoms with Gasteiger partial charge in [0, 0.05) is 17.6 Å². The van der Waals surface area contributed by atoms with Gasteiger partial charge in [0.2, 0.25) is 11.7 Å². The van der Waals surface area contributed by atoms with Crippen LogP contribution in [0.1, 0.15) is 37.4 Å². The summed E-state index contributed by atoms with van der Waals surface area (Å²) in [5, 5.41) is 4.83. The highest BCUT2D eigenvalue weighted by Gasteiger charge is 2.25. The predicted molar refractivity (Wildman–Crippen MR) is 104 cm³/mol. The first kappa shape index (κ1) is 19.1. The second-order valence-corrected chi connectivity index (χ2v) is 6.82.